The van der Waals surface area contributed by atoms with Crippen molar-refractivity contribution in [1.29, 1.82) is 0 Å². The van der Waals surface area contributed by atoms with Gasteiger partial charge in [-0.2, -0.15) is 4.39 Å². The zero-order valence-electron chi connectivity index (χ0n) is 11.2. The zero-order chi connectivity index (χ0) is 14.5. The summed E-state index contributed by atoms with van der Waals surface area (Å²) in [5.41, 5.74) is 0. The molecule has 0 aromatic heterocycles. The molecule has 1 N–H and O–H groups in total. The van der Waals surface area contributed by atoms with Gasteiger partial charge in [0.15, 0.2) is 11.6 Å². The molecule has 2 rings (SSSR count). The smallest absolute Gasteiger partial charge is 0.322 e. The van der Waals surface area contributed by atoms with Gasteiger partial charge in [0.2, 0.25) is 5.82 Å². The number of nitrogens with one attached hydrogen (secondary N) is 1. The summed E-state index contributed by atoms with van der Waals surface area (Å²) in [5.74, 6) is -2.50. The summed E-state index contributed by atoms with van der Waals surface area (Å²) in [6.07, 6.45) is 2.40. The van der Waals surface area contributed by atoms with Gasteiger partial charge in [-0.3, -0.25) is 4.79 Å². The van der Waals surface area contributed by atoms with Crippen LogP contribution in [-0.4, -0.2) is 31.8 Å². The number of benzene rings is 1. The summed E-state index contributed by atoms with van der Waals surface area (Å²) >= 11 is 0. The Kier molecular flexibility index (Phi) is 4.89. The monoisotopic (exact) mass is 285 g/mol. The van der Waals surface area contributed by atoms with Crippen LogP contribution in [0.3, 0.4) is 0 Å². The van der Waals surface area contributed by atoms with Gasteiger partial charge in [0.05, 0.1) is 13.7 Å². The van der Waals surface area contributed by atoms with Crippen LogP contribution in [0.4, 0.5) is 8.78 Å². The Morgan fingerprint density at radius 1 is 1.45 bits per heavy atom. The molecule has 0 heterocycles. The lowest BCUT2D eigenvalue weighted by Gasteiger charge is -2.16. The van der Waals surface area contributed by atoms with Gasteiger partial charge in [0.25, 0.3) is 0 Å². The van der Waals surface area contributed by atoms with E-state index in [4.69, 9.17) is 9.47 Å². The minimum absolute atomic E-state index is 0.0971. The molecule has 1 saturated carbocycles. The summed E-state index contributed by atoms with van der Waals surface area (Å²) in [5, 5.41) is 3.13. The highest BCUT2D eigenvalue weighted by molar-refractivity contribution is 5.75. The predicted octanol–water partition coefficient (Wildman–Crippen LogP) is 2.03. The van der Waals surface area contributed by atoms with Crippen molar-refractivity contribution in [3.05, 3.63) is 29.8 Å². The first-order valence-electron chi connectivity index (χ1n) is 6.52. The average Bonchev–Trinajstić information content (AvgIpc) is 3.25. The molecule has 0 bridgehead atoms. The van der Waals surface area contributed by atoms with E-state index in [9.17, 15) is 13.6 Å². The largest absolute Gasteiger partial charge is 0.490 e. The summed E-state index contributed by atoms with van der Waals surface area (Å²) in [7, 11) is 1.32. The highest BCUT2D eigenvalue weighted by Gasteiger charge is 2.28. The van der Waals surface area contributed by atoms with Crippen LogP contribution in [0.1, 0.15) is 19.3 Å². The van der Waals surface area contributed by atoms with E-state index in [0.29, 0.717) is 12.5 Å². The third-order valence-corrected chi connectivity index (χ3v) is 3.08. The molecular formula is C14H17F2NO3. The first-order chi connectivity index (χ1) is 9.61. The highest BCUT2D eigenvalue weighted by atomic mass is 19.2. The first-order valence-corrected chi connectivity index (χ1v) is 6.52. The van der Waals surface area contributed by atoms with Gasteiger partial charge in [0, 0.05) is 12.5 Å². The molecule has 1 aromatic rings. The predicted molar refractivity (Wildman–Crippen MR) is 68.4 cm³/mol. The Balaban J connectivity index is 1.85. The molecule has 1 atom stereocenters. The maximum Gasteiger partial charge on any atom is 0.322 e. The fourth-order valence-electron chi connectivity index (χ4n) is 1.83. The lowest BCUT2D eigenvalue weighted by atomic mass is 10.2. The van der Waals surface area contributed by atoms with E-state index in [1.807, 2.05) is 0 Å². The van der Waals surface area contributed by atoms with E-state index < -0.39 is 17.7 Å². The molecule has 1 aromatic carbocycles. The third-order valence-electron chi connectivity index (χ3n) is 3.08. The van der Waals surface area contributed by atoms with E-state index in [-0.39, 0.29) is 18.3 Å². The second kappa shape index (κ2) is 6.65. The van der Waals surface area contributed by atoms with Crippen LogP contribution in [0.2, 0.25) is 0 Å². The van der Waals surface area contributed by atoms with Crippen LogP contribution in [0, 0.1) is 11.6 Å². The van der Waals surface area contributed by atoms with Crippen molar-refractivity contribution >= 4 is 5.97 Å². The molecule has 1 fully saturated rings. The number of rotatable bonds is 7. The van der Waals surface area contributed by atoms with E-state index in [0.717, 1.165) is 18.9 Å². The quantitative estimate of drug-likeness (QED) is 0.779. The van der Waals surface area contributed by atoms with Crippen LogP contribution < -0.4 is 10.1 Å². The topological polar surface area (TPSA) is 47.6 Å². The van der Waals surface area contributed by atoms with Gasteiger partial charge >= 0.3 is 5.97 Å². The number of methoxy groups -OCH3 is 1. The van der Waals surface area contributed by atoms with Crippen molar-refractivity contribution in [2.24, 2.45) is 0 Å². The Morgan fingerprint density at radius 2 is 2.20 bits per heavy atom. The summed E-state index contributed by atoms with van der Waals surface area (Å²) < 4.78 is 36.2. The lowest BCUT2D eigenvalue weighted by molar-refractivity contribution is -0.143. The number of ether oxygens (including phenoxy) is 2. The molecule has 1 aliphatic rings. The first kappa shape index (κ1) is 14.7. The molecule has 1 unspecified atom stereocenters. The Labute approximate surface area is 116 Å². The van der Waals surface area contributed by atoms with E-state index in [2.05, 4.69) is 5.32 Å². The van der Waals surface area contributed by atoms with E-state index in [1.54, 1.807) is 0 Å². The fraction of sp³-hybridized carbons (Fsp3) is 0.500. The summed E-state index contributed by atoms with van der Waals surface area (Å²) in [6.45, 7) is 0.0971. The number of halogens is 2. The molecular weight excluding hydrogens is 268 g/mol. The summed E-state index contributed by atoms with van der Waals surface area (Å²) in [4.78, 5) is 11.6. The number of carbonyl (C=O) groups excluding carboxylic acids is 1. The Morgan fingerprint density at radius 3 is 2.85 bits per heavy atom. The number of hydrogen-bond donors (Lipinski definition) is 1. The van der Waals surface area contributed by atoms with Crippen molar-refractivity contribution < 1.29 is 23.0 Å². The Bertz CT molecular complexity index is 477. The van der Waals surface area contributed by atoms with Gasteiger partial charge < -0.3 is 14.8 Å². The average molecular weight is 285 g/mol. The van der Waals surface area contributed by atoms with E-state index >= 15 is 0 Å². The molecule has 6 heteroatoms. The maximum absolute atomic E-state index is 13.4. The van der Waals surface area contributed by atoms with Crippen molar-refractivity contribution in [2.75, 3.05) is 13.7 Å². The number of hydrogen-bond acceptors (Lipinski definition) is 4. The van der Waals surface area contributed by atoms with Crippen LogP contribution in [-0.2, 0) is 9.53 Å². The minimum atomic E-state index is -1.02. The van der Waals surface area contributed by atoms with Crippen molar-refractivity contribution in [1.82, 2.24) is 5.32 Å². The third kappa shape index (κ3) is 3.90. The molecule has 0 saturated heterocycles. The Hall–Kier alpha value is -1.69. The second-order valence-electron chi connectivity index (χ2n) is 4.71. The van der Waals surface area contributed by atoms with Gasteiger partial charge in [-0.15, -0.1) is 0 Å². The van der Waals surface area contributed by atoms with E-state index in [1.165, 1.54) is 19.2 Å². The fourth-order valence-corrected chi connectivity index (χ4v) is 1.83. The van der Waals surface area contributed by atoms with Crippen LogP contribution in [0.25, 0.3) is 0 Å². The molecule has 1 aliphatic carbocycles. The maximum atomic E-state index is 13.4. The number of carbonyl (C=O) groups is 1. The molecule has 4 nitrogen and oxygen atoms in total. The molecule has 0 radical (unpaired) electrons. The SMILES string of the molecule is COC(=O)C(CCOc1cccc(F)c1F)NC1CC1. The van der Waals surface area contributed by atoms with Gasteiger partial charge in [0.1, 0.15) is 6.04 Å². The molecule has 0 aliphatic heterocycles. The molecule has 0 spiro atoms. The molecule has 20 heavy (non-hydrogen) atoms. The lowest BCUT2D eigenvalue weighted by Crippen LogP contribution is -2.40. The number of esters is 1. The second-order valence-corrected chi connectivity index (χ2v) is 4.71. The van der Waals surface area contributed by atoms with Gasteiger partial charge in [-0.25, -0.2) is 4.39 Å². The normalized spacial score (nSPS) is 15.8. The molecule has 110 valence electrons. The van der Waals surface area contributed by atoms with Crippen molar-refractivity contribution in [3.8, 4) is 5.75 Å². The van der Waals surface area contributed by atoms with Gasteiger partial charge in [-0.05, 0) is 25.0 Å². The van der Waals surface area contributed by atoms with Crippen LogP contribution >= 0.6 is 0 Å². The standard InChI is InChI=1S/C14H17F2NO3/c1-19-14(18)11(17-9-5-6-9)7-8-20-12-4-2-3-10(15)13(12)16/h2-4,9,11,17H,5-8H2,1H3. The van der Waals surface area contributed by atoms with Crippen molar-refractivity contribution in [2.45, 2.75) is 31.3 Å². The highest BCUT2D eigenvalue weighted by Crippen LogP contribution is 2.21. The van der Waals surface area contributed by atoms with Crippen LogP contribution in [0.15, 0.2) is 18.2 Å². The van der Waals surface area contributed by atoms with Crippen LogP contribution in [0.5, 0.6) is 5.75 Å². The minimum Gasteiger partial charge on any atom is -0.490 e. The van der Waals surface area contributed by atoms with Gasteiger partial charge in [-0.1, -0.05) is 6.07 Å². The molecule has 0 amide bonds. The van der Waals surface area contributed by atoms with Crippen molar-refractivity contribution in [3.63, 3.8) is 0 Å². The zero-order valence-corrected chi connectivity index (χ0v) is 11.2. The summed E-state index contributed by atoms with van der Waals surface area (Å²) in [6, 6.07) is 3.59.